The van der Waals surface area contributed by atoms with Gasteiger partial charge >= 0.3 is 0 Å². The first kappa shape index (κ1) is 19.9. The first-order valence-corrected chi connectivity index (χ1v) is 9.56. The van der Waals surface area contributed by atoms with Crippen LogP contribution in [0.1, 0.15) is 29.8 Å². The molecule has 1 aromatic heterocycles. The predicted octanol–water partition coefficient (Wildman–Crippen LogP) is 2.64. The van der Waals surface area contributed by atoms with Gasteiger partial charge in [0.25, 0.3) is 0 Å². The summed E-state index contributed by atoms with van der Waals surface area (Å²) in [6.07, 6.45) is 1.81. The molecular formula is C21H28N4O3. The van der Waals surface area contributed by atoms with E-state index in [0.29, 0.717) is 24.8 Å². The SMILES string of the molecule is COc1ccc(CNC(=O)C2CCCN(c3nc(C)cc(C)n3)C2)c(OC)c1. The Morgan fingerprint density at radius 2 is 1.93 bits per heavy atom. The van der Waals surface area contributed by atoms with Crippen LogP contribution in [-0.4, -0.2) is 43.2 Å². The van der Waals surface area contributed by atoms with Crippen LogP contribution in [0, 0.1) is 19.8 Å². The monoisotopic (exact) mass is 384 g/mol. The number of hydrogen-bond acceptors (Lipinski definition) is 6. The van der Waals surface area contributed by atoms with Gasteiger partial charge in [0, 0.05) is 42.7 Å². The van der Waals surface area contributed by atoms with E-state index in [2.05, 4.69) is 20.2 Å². The highest BCUT2D eigenvalue weighted by Gasteiger charge is 2.27. The van der Waals surface area contributed by atoms with Crippen LogP contribution in [-0.2, 0) is 11.3 Å². The summed E-state index contributed by atoms with van der Waals surface area (Å²) in [5.41, 5.74) is 2.81. The van der Waals surface area contributed by atoms with Gasteiger partial charge in [-0.2, -0.15) is 0 Å². The van der Waals surface area contributed by atoms with E-state index in [1.807, 2.05) is 38.1 Å². The van der Waals surface area contributed by atoms with E-state index in [1.54, 1.807) is 14.2 Å². The van der Waals surface area contributed by atoms with Gasteiger partial charge in [-0.05, 0) is 44.9 Å². The van der Waals surface area contributed by atoms with E-state index in [0.717, 1.165) is 42.1 Å². The number of aryl methyl sites for hydroxylation is 2. The lowest BCUT2D eigenvalue weighted by molar-refractivity contribution is -0.125. The molecule has 28 heavy (non-hydrogen) atoms. The van der Waals surface area contributed by atoms with Gasteiger partial charge in [-0.3, -0.25) is 4.79 Å². The molecule has 0 radical (unpaired) electrons. The molecule has 0 bridgehead atoms. The Morgan fingerprint density at radius 3 is 2.61 bits per heavy atom. The Hall–Kier alpha value is -2.83. The van der Waals surface area contributed by atoms with E-state index in [4.69, 9.17) is 9.47 Å². The summed E-state index contributed by atoms with van der Waals surface area (Å²) in [7, 11) is 3.23. The Bertz CT molecular complexity index is 820. The van der Waals surface area contributed by atoms with Crippen LogP contribution in [0.4, 0.5) is 5.95 Å². The highest BCUT2D eigenvalue weighted by atomic mass is 16.5. The quantitative estimate of drug-likeness (QED) is 0.825. The van der Waals surface area contributed by atoms with Crippen molar-refractivity contribution in [1.82, 2.24) is 15.3 Å². The fraction of sp³-hybridized carbons (Fsp3) is 0.476. The molecule has 0 spiro atoms. The zero-order valence-electron chi connectivity index (χ0n) is 17.0. The van der Waals surface area contributed by atoms with Crippen LogP contribution in [0.15, 0.2) is 24.3 Å². The summed E-state index contributed by atoms with van der Waals surface area (Å²) in [6, 6.07) is 7.55. The molecule has 1 fully saturated rings. The molecule has 150 valence electrons. The topological polar surface area (TPSA) is 76.6 Å². The van der Waals surface area contributed by atoms with Crippen molar-refractivity contribution in [2.24, 2.45) is 5.92 Å². The molecular weight excluding hydrogens is 356 g/mol. The number of carbonyl (C=O) groups excluding carboxylic acids is 1. The van der Waals surface area contributed by atoms with Gasteiger partial charge in [0.1, 0.15) is 11.5 Å². The van der Waals surface area contributed by atoms with Crippen molar-refractivity contribution in [2.75, 3.05) is 32.2 Å². The summed E-state index contributed by atoms with van der Waals surface area (Å²) >= 11 is 0. The maximum atomic E-state index is 12.8. The fourth-order valence-corrected chi connectivity index (χ4v) is 3.55. The van der Waals surface area contributed by atoms with Crippen molar-refractivity contribution in [3.05, 3.63) is 41.2 Å². The number of benzene rings is 1. The average Bonchev–Trinajstić information content (AvgIpc) is 2.71. The standard InChI is InChI=1S/C21H28N4O3/c1-14-10-15(2)24-21(23-14)25-9-5-6-17(13-25)20(26)22-12-16-7-8-18(27-3)11-19(16)28-4/h7-8,10-11,17H,5-6,9,12-13H2,1-4H3,(H,22,26). The molecule has 1 atom stereocenters. The first-order chi connectivity index (χ1) is 13.5. The third-order valence-corrected chi connectivity index (χ3v) is 4.99. The zero-order valence-corrected chi connectivity index (χ0v) is 17.0. The third-order valence-electron chi connectivity index (χ3n) is 4.99. The second-order valence-corrected chi connectivity index (χ2v) is 7.13. The minimum Gasteiger partial charge on any atom is -0.497 e. The number of piperidine rings is 1. The first-order valence-electron chi connectivity index (χ1n) is 9.56. The summed E-state index contributed by atoms with van der Waals surface area (Å²) in [4.78, 5) is 24.0. The molecule has 1 saturated heterocycles. The lowest BCUT2D eigenvalue weighted by Gasteiger charge is -2.32. The van der Waals surface area contributed by atoms with Gasteiger partial charge < -0.3 is 19.7 Å². The van der Waals surface area contributed by atoms with Crippen molar-refractivity contribution >= 4 is 11.9 Å². The molecule has 7 heteroatoms. The lowest BCUT2D eigenvalue weighted by Crippen LogP contribution is -2.43. The Labute approximate surface area is 166 Å². The van der Waals surface area contributed by atoms with E-state index < -0.39 is 0 Å². The molecule has 0 saturated carbocycles. The van der Waals surface area contributed by atoms with Gasteiger partial charge in [-0.15, -0.1) is 0 Å². The summed E-state index contributed by atoms with van der Waals surface area (Å²) in [5.74, 6) is 2.11. The molecule has 2 heterocycles. The number of nitrogens with zero attached hydrogens (tertiary/aromatic N) is 3. The molecule has 1 aliphatic heterocycles. The molecule has 1 aliphatic rings. The maximum absolute atomic E-state index is 12.8. The van der Waals surface area contributed by atoms with Crippen molar-refractivity contribution in [2.45, 2.75) is 33.2 Å². The number of hydrogen-bond donors (Lipinski definition) is 1. The number of rotatable bonds is 6. The van der Waals surface area contributed by atoms with E-state index >= 15 is 0 Å². The van der Waals surface area contributed by atoms with Crippen molar-refractivity contribution < 1.29 is 14.3 Å². The van der Waals surface area contributed by atoms with E-state index in [-0.39, 0.29) is 11.8 Å². The van der Waals surface area contributed by atoms with Crippen LogP contribution >= 0.6 is 0 Å². The second-order valence-electron chi connectivity index (χ2n) is 7.13. The maximum Gasteiger partial charge on any atom is 0.225 e. The van der Waals surface area contributed by atoms with Gasteiger partial charge in [0.2, 0.25) is 11.9 Å². The Morgan fingerprint density at radius 1 is 1.18 bits per heavy atom. The molecule has 1 amide bonds. The van der Waals surface area contributed by atoms with Crippen LogP contribution < -0.4 is 19.7 Å². The van der Waals surface area contributed by atoms with E-state index in [1.165, 1.54) is 0 Å². The van der Waals surface area contributed by atoms with Gasteiger partial charge in [-0.25, -0.2) is 9.97 Å². The molecule has 2 aromatic rings. The van der Waals surface area contributed by atoms with Crippen LogP contribution in [0.2, 0.25) is 0 Å². The number of nitrogens with one attached hydrogen (secondary N) is 1. The summed E-state index contributed by atoms with van der Waals surface area (Å²) in [5, 5.41) is 3.05. The van der Waals surface area contributed by atoms with Crippen molar-refractivity contribution in [3.8, 4) is 11.5 Å². The predicted molar refractivity (Wildman–Crippen MR) is 108 cm³/mol. The Kier molecular flexibility index (Phi) is 6.34. The van der Waals surface area contributed by atoms with Gasteiger partial charge in [0.05, 0.1) is 20.1 Å². The fourth-order valence-electron chi connectivity index (χ4n) is 3.55. The summed E-state index contributed by atoms with van der Waals surface area (Å²) in [6.45, 7) is 5.86. The molecule has 7 nitrogen and oxygen atoms in total. The Balaban J connectivity index is 1.63. The summed E-state index contributed by atoms with van der Waals surface area (Å²) < 4.78 is 10.6. The van der Waals surface area contributed by atoms with Gasteiger partial charge in [-0.1, -0.05) is 0 Å². The molecule has 1 aromatic carbocycles. The normalized spacial score (nSPS) is 16.6. The minimum atomic E-state index is -0.0811. The minimum absolute atomic E-state index is 0.0481. The molecule has 0 aliphatic carbocycles. The van der Waals surface area contributed by atoms with Crippen LogP contribution in [0.3, 0.4) is 0 Å². The molecule has 3 rings (SSSR count). The number of ether oxygens (including phenoxy) is 2. The van der Waals surface area contributed by atoms with Crippen LogP contribution in [0.25, 0.3) is 0 Å². The van der Waals surface area contributed by atoms with E-state index in [9.17, 15) is 4.79 Å². The van der Waals surface area contributed by atoms with Gasteiger partial charge in [0.15, 0.2) is 0 Å². The van der Waals surface area contributed by atoms with Crippen molar-refractivity contribution in [1.29, 1.82) is 0 Å². The highest BCUT2D eigenvalue weighted by molar-refractivity contribution is 5.79. The average molecular weight is 384 g/mol. The zero-order chi connectivity index (χ0) is 20.1. The largest absolute Gasteiger partial charge is 0.497 e. The number of aromatic nitrogens is 2. The highest BCUT2D eigenvalue weighted by Crippen LogP contribution is 2.25. The number of carbonyl (C=O) groups is 1. The third kappa shape index (κ3) is 4.71. The number of amides is 1. The lowest BCUT2D eigenvalue weighted by atomic mass is 9.97. The molecule has 1 N–H and O–H groups in total. The molecule has 1 unspecified atom stereocenters. The van der Waals surface area contributed by atoms with Crippen molar-refractivity contribution in [3.63, 3.8) is 0 Å². The number of methoxy groups -OCH3 is 2. The second kappa shape index (κ2) is 8.91. The number of anilines is 1. The van der Waals surface area contributed by atoms with Crippen LogP contribution in [0.5, 0.6) is 11.5 Å². The smallest absolute Gasteiger partial charge is 0.225 e.